The minimum atomic E-state index is -0.320. The Balaban J connectivity index is 0.00000176. The van der Waals surface area contributed by atoms with Gasteiger partial charge in [-0.2, -0.15) is 0 Å². The van der Waals surface area contributed by atoms with Crippen LogP contribution in [0, 0.1) is 10.1 Å². The molecular formula is C16H18ClN3O2. The second-order valence-corrected chi connectivity index (χ2v) is 5.26. The highest BCUT2D eigenvalue weighted by Crippen LogP contribution is 2.33. The molecule has 2 aromatic carbocycles. The smallest absolute Gasteiger partial charge is 0.274 e. The number of anilines is 2. The molecule has 1 heterocycles. The van der Waals surface area contributed by atoms with E-state index in [-0.39, 0.29) is 23.0 Å². The van der Waals surface area contributed by atoms with Crippen molar-refractivity contribution in [3.05, 3.63) is 63.7 Å². The van der Waals surface area contributed by atoms with Crippen molar-refractivity contribution in [2.45, 2.75) is 19.4 Å². The van der Waals surface area contributed by atoms with Gasteiger partial charge in [0.05, 0.1) is 4.92 Å². The molecule has 0 unspecified atom stereocenters. The molecule has 116 valence electrons. The van der Waals surface area contributed by atoms with Crippen LogP contribution in [0.5, 0.6) is 0 Å². The maximum absolute atomic E-state index is 11.1. The molecular weight excluding hydrogens is 302 g/mol. The molecule has 0 saturated heterocycles. The predicted octanol–water partition coefficient (Wildman–Crippen LogP) is 3.55. The van der Waals surface area contributed by atoms with E-state index in [0.717, 1.165) is 41.9 Å². The highest BCUT2D eigenvalue weighted by molar-refractivity contribution is 5.85. The van der Waals surface area contributed by atoms with E-state index in [1.54, 1.807) is 12.1 Å². The average molecular weight is 320 g/mol. The van der Waals surface area contributed by atoms with Crippen LogP contribution in [0.1, 0.15) is 17.5 Å². The van der Waals surface area contributed by atoms with Gasteiger partial charge in [0.1, 0.15) is 0 Å². The Morgan fingerprint density at radius 3 is 2.73 bits per heavy atom. The van der Waals surface area contributed by atoms with Gasteiger partial charge in [-0.15, -0.1) is 12.4 Å². The van der Waals surface area contributed by atoms with E-state index in [0.29, 0.717) is 6.54 Å². The second-order valence-electron chi connectivity index (χ2n) is 5.26. The molecule has 0 fully saturated rings. The quantitative estimate of drug-likeness (QED) is 0.533. The lowest BCUT2D eigenvalue weighted by molar-refractivity contribution is -0.385. The first-order chi connectivity index (χ1) is 10.2. The Bertz CT molecular complexity index is 691. The van der Waals surface area contributed by atoms with Gasteiger partial charge in [0.15, 0.2) is 0 Å². The highest BCUT2D eigenvalue weighted by Gasteiger charge is 2.21. The van der Waals surface area contributed by atoms with Gasteiger partial charge >= 0.3 is 0 Å². The molecule has 5 nitrogen and oxygen atoms in total. The van der Waals surface area contributed by atoms with Gasteiger partial charge < -0.3 is 10.6 Å². The fraction of sp³-hybridized carbons (Fsp3) is 0.250. The number of nitro groups is 1. The van der Waals surface area contributed by atoms with Crippen LogP contribution < -0.4 is 10.6 Å². The zero-order valence-corrected chi connectivity index (χ0v) is 12.9. The van der Waals surface area contributed by atoms with E-state index in [9.17, 15) is 10.1 Å². The lowest BCUT2D eigenvalue weighted by Gasteiger charge is -2.32. The molecule has 1 aliphatic rings. The molecule has 2 N–H and O–H groups in total. The van der Waals surface area contributed by atoms with Crippen LogP contribution in [0.25, 0.3) is 0 Å². The SMILES string of the molecule is Cl.Nc1cccc2c1CCCN2Cc1ccccc1[N+](=O)[O-]. The van der Waals surface area contributed by atoms with Crippen molar-refractivity contribution in [2.24, 2.45) is 0 Å². The summed E-state index contributed by atoms with van der Waals surface area (Å²) in [6.45, 7) is 1.43. The van der Waals surface area contributed by atoms with Gasteiger partial charge in [0.25, 0.3) is 5.69 Å². The third kappa shape index (κ3) is 2.99. The largest absolute Gasteiger partial charge is 0.398 e. The van der Waals surface area contributed by atoms with Crippen molar-refractivity contribution in [1.29, 1.82) is 0 Å². The number of hydrogen-bond donors (Lipinski definition) is 1. The summed E-state index contributed by atoms with van der Waals surface area (Å²) in [4.78, 5) is 13.0. The molecule has 1 aliphatic heterocycles. The summed E-state index contributed by atoms with van der Waals surface area (Å²) in [6, 6.07) is 12.8. The van der Waals surface area contributed by atoms with Crippen molar-refractivity contribution >= 4 is 29.5 Å². The molecule has 3 rings (SSSR count). The van der Waals surface area contributed by atoms with Gasteiger partial charge in [0.2, 0.25) is 0 Å². The standard InChI is InChI=1S/C16H17N3O2.ClH/c17-14-7-3-9-16-13(14)6-4-10-18(16)11-12-5-1-2-8-15(12)19(20)21;/h1-3,5,7-9H,4,6,10-11,17H2;1H. The minimum Gasteiger partial charge on any atom is -0.398 e. The number of hydrogen-bond acceptors (Lipinski definition) is 4. The molecule has 22 heavy (non-hydrogen) atoms. The Morgan fingerprint density at radius 2 is 1.95 bits per heavy atom. The van der Waals surface area contributed by atoms with Crippen molar-refractivity contribution in [3.63, 3.8) is 0 Å². The van der Waals surface area contributed by atoms with Crippen LogP contribution in [0.15, 0.2) is 42.5 Å². The Hall–Kier alpha value is -2.27. The van der Waals surface area contributed by atoms with E-state index in [2.05, 4.69) is 4.90 Å². The van der Waals surface area contributed by atoms with Crippen LogP contribution in [0.4, 0.5) is 17.1 Å². The Kier molecular flexibility index (Phi) is 4.88. The first kappa shape index (κ1) is 16.1. The fourth-order valence-corrected chi connectivity index (χ4v) is 2.92. The average Bonchev–Trinajstić information content (AvgIpc) is 2.49. The number of halogens is 1. The number of nitro benzene ring substituents is 1. The van der Waals surface area contributed by atoms with Crippen molar-refractivity contribution in [1.82, 2.24) is 0 Å². The molecule has 0 saturated carbocycles. The maximum atomic E-state index is 11.1. The molecule has 0 spiro atoms. The number of benzene rings is 2. The van der Waals surface area contributed by atoms with Crippen LogP contribution in [0.2, 0.25) is 0 Å². The van der Waals surface area contributed by atoms with Crippen molar-refractivity contribution in [2.75, 3.05) is 17.2 Å². The fourth-order valence-electron chi connectivity index (χ4n) is 2.92. The van der Waals surface area contributed by atoms with Gasteiger partial charge in [-0.25, -0.2) is 0 Å². The molecule has 6 heteroatoms. The summed E-state index contributed by atoms with van der Waals surface area (Å²) in [5.74, 6) is 0. The maximum Gasteiger partial charge on any atom is 0.274 e. The van der Waals surface area contributed by atoms with E-state index >= 15 is 0 Å². The molecule has 0 radical (unpaired) electrons. The minimum absolute atomic E-state index is 0. The zero-order chi connectivity index (χ0) is 14.8. The summed E-state index contributed by atoms with van der Waals surface area (Å²) in [7, 11) is 0. The van der Waals surface area contributed by atoms with Crippen molar-refractivity contribution in [3.8, 4) is 0 Å². The van der Waals surface area contributed by atoms with Gasteiger partial charge in [-0.1, -0.05) is 24.3 Å². The van der Waals surface area contributed by atoms with Crippen molar-refractivity contribution < 1.29 is 4.92 Å². The summed E-state index contributed by atoms with van der Waals surface area (Å²) in [6.07, 6.45) is 1.98. The summed E-state index contributed by atoms with van der Waals surface area (Å²) < 4.78 is 0. The summed E-state index contributed by atoms with van der Waals surface area (Å²) >= 11 is 0. The molecule has 0 amide bonds. The van der Waals surface area contributed by atoms with E-state index < -0.39 is 0 Å². The first-order valence-electron chi connectivity index (χ1n) is 7.01. The first-order valence-corrected chi connectivity index (χ1v) is 7.01. The third-order valence-electron chi connectivity index (χ3n) is 3.93. The molecule has 0 atom stereocenters. The number of para-hydroxylation sites is 1. The topological polar surface area (TPSA) is 72.4 Å². The van der Waals surface area contributed by atoms with Gasteiger partial charge in [-0.05, 0) is 30.5 Å². The lowest BCUT2D eigenvalue weighted by atomic mass is 9.99. The van der Waals surface area contributed by atoms with E-state index in [1.165, 1.54) is 0 Å². The summed E-state index contributed by atoms with van der Waals surface area (Å²) in [5.41, 5.74) is 10.0. The highest BCUT2D eigenvalue weighted by atomic mass is 35.5. The van der Waals surface area contributed by atoms with Crippen LogP contribution >= 0.6 is 12.4 Å². The van der Waals surface area contributed by atoms with Crippen LogP contribution in [-0.2, 0) is 13.0 Å². The molecule has 0 aromatic heterocycles. The van der Waals surface area contributed by atoms with Gasteiger partial charge in [-0.3, -0.25) is 10.1 Å². The molecule has 2 aromatic rings. The third-order valence-corrected chi connectivity index (χ3v) is 3.93. The second kappa shape index (κ2) is 6.66. The predicted molar refractivity (Wildman–Crippen MR) is 90.6 cm³/mol. The van der Waals surface area contributed by atoms with Crippen LogP contribution in [0.3, 0.4) is 0 Å². The number of fused-ring (bicyclic) bond motifs is 1. The lowest BCUT2D eigenvalue weighted by Crippen LogP contribution is -2.29. The zero-order valence-electron chi connectivity index (χ0n) is 12.1. The van der Waals surface area contributed by atoms with E-state index in [4.69, 9.17) is 5.73 Å². The number of nitrogens with zero attached hydrogens (tertiary/aromatic N) is 2. The number of nitrogen functional groups attached to an aromatic ring is 1. The van der Waals surface area contributed by atoms with E-state index in [1.807, 2.05) is 30.3 Å². The number of rotatable bonds is 3. The normalized spacial score (nSPS) is 13.2. The molecule has 0 bridgehead atoms. The Morgan fingerprint density at radius 1 is 1.18 bits per heavy atom. The van der Waals surface area contributed by atoms with Gasteiger partial charge in [0, 0.05) is 36.1 Å². The number of nitrogens with two attached hydrogens (primary N) is 1. The monoisotopic (exact) mass is 319 g/mol. The Labute approximate surface area is 135 Å². The molecule has 0 aliphatic carbocycles. The summed E-state index contributed by atoms with van der Waals surface area (Å²) in [5, 5.41) is 11.1. The van der Waals surface area contributed by atoms with Crippen LogP contribution in [-0.4, -0.2) is 11.5 Å².